The molecule has 0 spiro atoms. The van der Waals surface area contributed by atoms with Gasteiger partial charge < -0.3 is 21.1 Å². The second-order valence-corrected chi connectivity index (χ2v) is 14.0. The van der Waals surface area contributed by atoms with E-state index in [2.05, 4.69) is 20.7 Å². The number of ketones is 1. The summed E-state index contributed by atoms with van der Waals surface area (Å²) in [5, 5.41) is 17.6. The van der Waals surface area contributed by atoms with E-state index in [4.69, 9.17) is 0 Å². The van der Waals surface area contributed by atoms with Crippen molar-refractivity contribution in [3.05, 3.63) is 94.5 Å². The Balaban J connectivity index is 1.40. The van der Waals surface area contributed by atoms with Gasteiger partial charge >= 0.3 is 12.0 Å². The Labute approximate surface area is 269 Å². The number of para-hydroxylation sites is 1. The number of nitrogens with one attached hydrogen (secondary N) is 4. The molecule has 2 atom stereocenters. The van der Waals surface area contributed by atoms with Gasteiger partial charge in [-0.2, -0.15) is 4.72 Å². The van der Waals surface area contributed by atoms with Crippen molar-refractivity contribution in [3.8, 4) is 0 Å². The fraction of sp³-hybridized carbons (Fsp3) is 0.353. The lowest BCUT2D eigenvalue weighted by Gasteiger charge is -2.31. The van der Waals surface area contributed by atoms with Crippen LogP contribution in [-0.2, 0) is 26.7 Å². The van der Waals surface area contributed by atoms with Gasteiger partial charge in [0, 0.05) is 40.4 Å². The zero-order valence-electron chi connectivity index (χ0n) is 26.3. The minimum absolute atomic E-state index is 0.110. The summed E-state index contributed by atoms with van der Waals surface area (Å²) in [5.41, 5.74) is 3.98. The average Bonchev–Trinajstić information content (AvgIpc) is 3.35. The van der Waals surface area contributed by atoms with Crippen LogP contribution in [0.2, 0.25) is 0 Å². The fourth-order valence-corrected chi connectivity index (χ4v) is 6.88. The van der Waals surface area contributed by atoms with E-state index >= 15 is 0 Å². The van der Waals surface area contributed by atoms with E-state index in [1.54, 1.807) is 24.3 Å². The van der Waals surface area contributed by atoms with Crippen LogP contribution in [0.3, 0.4) is 0 Å². The number of carbonyl (C=O) groups excluding carboxylic acids is 3. The topological polar surface area (TPSA) is 171 Å². The normalized spacial score (nSPS) is 15.1. The zero-order valence-corrected chi connectivity index (χ0v) is 27.2. The number of fused-ring (bicyclic) bond motifs is 1. The third-order valence-corrected chi connectivity index (χ3v) is 9.85. The second kappa shape index (κ2) is 14.3. The molecule has 0 saturated heterocycles. The number of amides is 3. The summed E-state index contributed by atoms with van der Waals surface area (Å²) in [6, 6.07) is 17.7. The molecule has 0 bridgehead atoms. The van der Waals surface area contributed by atoms with E-state index in [-0.39, 0.29) is 23.1 Å². The van der Waals surface area contributed by atoms with E-state index in [1.807, 2.05) is 64.1 Å². The first kappa shape index (κ1) is 34.3. The third-order valence-electron chi connectivity index (χ3n) is 8.38. The molecule has 0 fully saturated rings. The number of rotatable bonds is 13. The lowest BCUT2D eigenvalue weighted by molar-refractivity contribution is -0.138. The monoisotopic (exact) mass is 648 g/mol. The average molecular weight is 649 g/mol. The number of Topliss-reactive ketones (excluding diaryl/α,β-unsaturated/α-hetero) is 1. The molecule has 11 nitrogen and oxygen atoms in total. The van der Waals surface area contributed by atoms with Crippen LogP contribution in [0.5, 0.6) is 0 Å². The molecule has 0 aromatic heterocycles. The van der Waals surface area contributed by atoms with Crippen molar-refractivity contribution in [1.82, 2.24) is 10.0 Å². The van der Waals surface area contributed by atoms with E-state index < -0.39 is 45.8 Å². The number of carboxylic acid groups (broad SMARTS) is 1. The molecule has 1 aliphatic carbocycles. The van der Waals surface area contributed by atoms with Crippen LogP contribution in [-0.4, -0.2) is 55.6 Å². The number of aliphatic carboxylic acids is 1. The molecule has 3 aromatic rings. The van der Waals surface area contributed by atoms with Crippen LogP contribution in [0.15, 0.2) is 66.7 Å². The lowest BCUT2D eigenvalue weighted by Crippen LogP contribution is -2.48. The first-order valence-electron chi connectivity index (χ1n) is 15.1. The standard InChI is InChI=1S/C34H40N4O7S/c1-5-6-17-46(44,45)38-29(32(41)42)20-35-31(40)23-12-11-22-19-27(30(39)26(22)18-23)34(3,4)24-13-15-25(16-14-24)36-33(43)37-28-10-8-7-9-21(28)2/h7-16,18,27,29,38H,5-6,17,19-20H2,1-4H3,(H,35,40)(H,41,42)(H2,36,37,43)/t27?,29-/m0/s1. The van der Waals surface area contributed by atoms with E-state index in [9.17, 15) is 32.7 Å². The maximum atomic E-state index is 13.7. The number of hydrogen-bond acceptors (Lipinski definition) is 6. The Morgan fingerprint density at radius 3 is 2.35 bits per heavy atom. The predicted octanol–water partition coefficient (Wildman–Crippen LogP) is 4.87. The molecule has 0 radical (unpaired) electrons. The smallest absolute Gasteiger partial charge is 0.323 e. The van der Waals surface area contributed by atoms with Crippen LogP contribution in [0.25, 0.3) is 0 Å². The summed E-state index contributed by atoms with van der Waals surface area (Å²) in [4.78, 5) is 50.7. The highest BCUT2D eigenvalue weighted by Gasteiger charge is 2.42. The fourth-order valence-electron chi connectivity index (χ4n) is 5.48. The minimum atomic E-state index is -3.83. The van der Waals surface area contributed by atoms with Crippen molar-refractivity contribution >= 4 is 45.1 Å². The van der Waals surface area contributed by atoms with E-state index in [0.29, 0.717) is 36.2 Å². The molecule has 5 N–H and O–H groups in total. The summed E-state index contributed by atoms with van der Waals surface area (Å²) in [6.45, 7) is 7.23. The first-order valence-corrected chi connectivity index (χ1v) is 16.8. The molecule has 12 heteroatoms. The SMILES string of the molecule is CCCCS(=O)(=O)N[C@@H](CNC(=O)c1ccc2c(c1)C(=O)C(C(C)(C)c1ccc(NC(=O)Nc3ccccc3C)cc1)C2)C(=O)O. The van der Waals surface area contributed by atoms with Gasteiger partial charge in [-0.1, -0.05) is 63.6 Å². The molecule has 244 valence electrons. The van der Waals surface area contributed by atoms with Crippen LogP contribution in [0.4, 0.5) is 16.2 Å². The van der Waals surface area contributed by atoms with Gasteiger partial charge in [-0.15, -0.1) is 0 Å². The Morgan fingerprint density at radius 2 is 1.70 bits per heavy atom. The van der Waals surface area contributed by atoms with Gasteiger partial charge in [-0.05, 0) is 66.8 Å². The molecular formula is C34H40N4O7S. The maximum absolute atomic E-state index is 13.7. The molecule has 4 rings (SSSR count). The molecule has 0 saturated carbocycles. The summed E-state index contributed by atoms with van der Waals surface area (Å²) in [5.74, 6) is -2.76. The summed E-state index contributed by atoms with van der Waals surface area (Å²) in [7, 11) is -3.83. The van der Waals surface area contributed by atoms with E-state index in [0.717, 1.165) is 16.7 Å². The molecular weight excluding hydrogens is 608 g/mol. The predicted molar refractivity (Wildman–Crippen MR) is 177 cm³/mol. The number of anilines is 2. The quantitative estimate of drug-likeness (QED) is 0.176. The minimum Gasteiger partial charge on any atom is -0.480 e. The Morgan fingerprint density at radius 1 is 1.00 bits per heavy atom. The van der Waals surface area contributed by atoms with Gasteiger partial charge in [-0.3, -0.25) is 14.4 Å². The Bertz CT molecular complexity index is 1740. The maximum Gasteiger partial charge on any atom is 0.323 e. The second-order valence-electron chi connectivity index (χ2n) is 12.1. The summed E-state index contributed by atoms with van der Waals surface area (Å²) in [6.07, 6.45) is 1.48. The number of carbonyl (C=O) groups is 4. The lowest BCUT2D eigenvalue weighted by atomic mass is 9.71. The van der Waals surface area contributed by atoms with Crippen molar-refractivity contribution in [2.45, 2.75) is 58.4 Å². The van der Waals surface area contributed by atoms with Crippen LogP contribution < -0.4 is 20.7 Å². The van der Waals surface area contributed by atoms with Gasteiger partial charge in [0.1, 0.15) is 6.04 Å². The summed E-state index contributed by atoms with van der Waals surface area (Å²) < 4.78 is 26.5. The number of unbranched alkanes of at least 4 members (excludes halogenated alkanes) is 1. The van der Waals surface area contributed by atoms with Gasteiger partial charge in [-0.25, -0.2) is 13.2 Å². The molecule has 0 heterocycles. The molecule has 3 aromatic carbocycles. The molecule has 1 aliphatic rings. The highest BCUT2D eigenvalue weighted by Crippen LogP contribution is 2.41. The molecule has 46 heavy (non-hydrogen) atoms. The Hall–Kier alpha value is -4.55. The zero-order chi connectivity index (χ0) is 33.6. The van der Waals surface area contributed by atoms with Crippen LogP contribution in [0.1, 0.15) is 71.0 Å². The van der Waals surface area contributed by atoms with Crippen LogP contribution in [0, 0.1) is 12.8 Å². The van der Waals surface area contributed by atoms with E-state index in [1.165, 1.54) is 6.07 Å². The van der Waals surface area contributed by atoms with Gasteiger partial charge in [0.2, 0.25) is 10.0 Å². The van der Waals surface area contributed by atoms with Crippen molar-refractivity contribution in [2.24, 2.45) is 5.92 Å². The van der Waals surface area contributed by atoms with Gasteiger partial charge in [0.25, 0.3) is 5.91 Å². The number of hydrogen-bond donors (Lipinski definition) is 5. The van der Waals surface area contributed by atoms with Gasteiger partial charge in [0.05, 0.1) is 5.75 Å². The number of benzene rings is 3. The van der Waals surface area contributed by atoms with Gasteiger partial charge in [0.15, 0.2) is 5.78 Å². The van der Waals surface area contributed by atoms with Crippen molar-refractivity contribution in [3.63, 3.8) is 0 Å². The molecule has 0 aliphatic heterocycles. The Kier molecular flexibility index (Phi) is 10.6. The number of urea groups is 1. The van der Waals surface area contributed by atoms with Crippen LogP contribution >= 0.6 is 0 Å². The highest BCUT2D eigenvalue weighted by molar-refractivity contribution is 7.89. The van der Waals surface area contributed by atoms with Crippen molar-refractivity contribution < 1.29 is 32.7 Å². The number of carboxylic acids is 1. The molecule has 3 amide bonds. The van der Waals surface area contributed by atoms with Crippen molar-refractivity contribution in [1.29, 1.82) is 0 Å². The third kappa shape index (κ3) is 8.18. The molecule has 1 unspecified atom stereocenters. The highest BCUT2D eigenvalue weighted by atomic mass is 32.2. The number of aryl methyl sites for hydroxylation is 1. The largest absolute Gasteiger partial charge is 0.480 e. The first-order chi connectivity index (χ1) is 21.7. The van der Waals surface area contributed by atoms with Crippen molar-refractivity contribution in [2.75, 3.05) is 22.9 Å². The number of sulfonamides is 1. The summed E-state index contributed by atoms with van der Waals surface area (Å²) >= 11 is 0.